The number of carboxylic acids is 1. The molecule has 0 aromatic rings. The minimum absolute atomic E-state index is 0.138. The number of aliphatic carboxylic acids is 1. The van der Waals surface area contributed by atoms with Crippen molar-refractivity contribution in [2.75, 3.05) is 5.75 Å². The largest absolute Gasteiger partial charge is 0.481 e. The molecular weight excluding hydrogens is 282 g/mol. The van der Waals surface area contributed by atoms with Gasteiger partial charge in [-0.1, -0.05) is 13.3 Å². The monoisotopic (exact) mass is 301 g/mol. The van der Waals surface area contributed by atoms with E-state index in [4.69, 9.17) is 0 Å². The van der Waals surface area contributed by atoms with Crippen LogP contribution in [0.5, 0.6) is 0 Å². The molecule has 112 valence electrons. The maximum absolute atomic E-state index is 12.2. The Kier molecular flexibility index (Phi) is 4.17. The topological polar surface area (TPSA) is 101 Å². The molecule has 1 heterocycles. The lowest BCUT2D eigenvalue weighted by molar-refractivity contribution is -0.146. The van der Waals surface area contributed by atoms with Crippen molar-refractivity contribution in [3.05, 3.63) is 11.5 Å². The minimum atomic E-state index is -3.22. The molecule has 1 aliphatic heterocycles. The van der Waals surface area contributed by atoms with Crippen molar-refractivity contribution in [2.24, 2.45) is 17.8 Å². The van der Waals surface area contributed by atoms with E-state index >= 15 is 0 Å². The summed E-state index contributed by atoms with van der Waals surface area (Å²) >= 11 is 0. The molecule has 0 saturated heterocycles. The summed E-state index contributed by atoms with van der Waals surface area (Å²) in [6, 6.07) is -0.539. The summed E-state index contributed by atoms with van der Waals surface area (Å²) < 4.78 is 22.6. The van der Waals surface area contributed by atoms with Gasteiger partial charge in [-0.05, 0) is 24.8 Å². The van der Waals surface area contributed by atoms with Crippen molar-refractivity contribution in [1.82, 2.24) is 5.32 Å². The molecule has 1 amide bonds. The van der Waals surface area contributed by atoms with E-state index in [1.807, 2.05) is 6.92 Å². The molecule has 1 aliphatic carbocycles. The molecule has 0 spiro atoms. The first-order valence-electron chi connectivity index (χ1n) is 6.76. The molecule has 4 atom stereocenters. The molecular formula is C13H19NO5S. The smallest absolute Gasteiger partial charge is 0.307 e. The highest BCUT2D eigenvalue weighted by molar-refractivity contribution is 7.94. The Bertz CT molecular complexity index is 539. The Morgan fingerprint density at radius 2 is 1.95 bits per heavy atom. The number of amides is 1. The van der Waals surface area contributed by atoms with E-state index in [1.165, 1.54) is 6.08 Å². The van der Waals surface area contributed by atoms with Crippen LogP contribution in [0.2, 0.25) is 0 Å². The Morgan fingerprint density at radius 3 is 2.45 bits per heavy atom. The first kappa shape index (κ1) is 15.0. The maximum atomic E-state index is 12.2. The zero-order chi connectivity index (χ0) is 14.9. The van der Waals surface area contributed by atoms with Crippen LogP contribution in [0.25, 0.3) is 0 Å². The third-order valence-electron chi connectivity index (χ3n) is 4.15. The average Bonchev–Trinajstić information content (AvgIpc) is 2.92. The first-order valence-corrected chi connectivity index (χ1v) is 8.48. The van der Waals surface area contributed by atoms with E-state index < -0.39 is 33.7 Å². The third-order valence-corrected chi connectivity index (χ3v) is 5.54. The number of carboxylic acid groups (broad SMARTS) is 1. The van der Waals surface area contributed by atoms with Crippen molar-refractivity contribution in [3.8, 4) is 0 Å². The van der Waals surface area contributed by atoms with Crippen LogP contribution in [-0.4, -0.2) is 37.2 Å². The van der Waals surface area contributed by atoms with Crippen LogP contribution in [-0.2, 0) is 19.4 Å². The molecule has 2 rings (SSSR count). The summed E-state index contributed by atoms with van der Waals surface area (Å²) in [5.74, 6) is -2.41. The lowest BCUT2D eigenvalue weighted by Crippen LogP contribution is -2.41. The van der Waals surface area contributed by atoms with Crippen molar-refractivity contribution in [2.45, 2.75) is 32.2 Å². The highest BCUT2D eigenvalue weighted by Crippen LogP contribution is 2.38. The molecule has 0 aromatic carbocycles. The molecule has 7 heteroatoms. The Morgan fingerprint density at radius 1 is 1.30 bits per heavy atom. The normalized spacial score (nSPS) is 35.0. The van der Waals surface area contributed by atoms with Crippen molar-refractivity contribution >= 4 is 21.7 Å². The Labute approximate surface area is 118 Å². The first-order chi connectivity index (χ1) is 9.32. The van der Waals surface area contributed by atoms with Gasteiger partial charge in [0.2, 0.25) is 5.91 Å². The van der Waals surface area contributed by atoms with Crippen molar-refractivity contribution in [3.63, 3.8) is 0 Å². The van der Waals surface area contributed by atoms with Crippen LogP contribution in [0.15, 0.2) is 11.5 Å². The fourth-order valence-corrected chi connectivity index (χ4v) is 4.23. The van der Waals surface area contributed by atoms with Crippen LogP contribution in [0.3, 0.4) is 0 Å². The fraction of sp³-hybridized carbons (Fsp3) is 0.692. The second kappa shape index (κ2) is 5.55. The second-order valence-corrected chi connectivity index (χ2v) is 7.50. The third kappa shape index (κ3) is 3.20. The molecule has 0 radical (unpaired) electrons. The van der Waals surface area contributed by atoms with Crippen LogP contribution in [0.1, 0.15) is 26.2 Å². The lowest BCUT2D eigenvalue weighted by Gasteiger charge is -2.18. The van der Waals surface area contributed by atoms with E-state index in [0.29, 0.717) is 12.8 Å². The van der Waals surface area contributed by atoms with Gasteiger partial charge in [0.05, 0.1) is 23.6 Å². The average molecular weight is 301 g/mol. The van der Waals surface area contributed by atoms with Gasteiger partial charge in [0.1, 0.15) is 0 Å². The molecule has 20 heavy (non-hydrogen) atoms. The van der Waals surface area contributed by atoms with Gasteiger partial charge in [-0.2, -0.15) is 0 Å². The number of hydrogen-bond acceptors (Lipinski definition) is 4. The minimum Gasteiger partial charge on any atom is -0.481 e. The van der Waals surface area contributed by atoms with E-state index in [1.54, 1.807) is 0 Å². The predicted octanol–water partition coefficient (Wildman–Crippen LogP) is 0.550. The second-order valence-electron chi connectivity index (χ2n) is 5.57. The molecule has 6 nitrogen and oxygen atoms in total. The molecule has 0 aromatic heterocycles. The number of sulfone groups is 1. The van der Waals surface area contributed by atoms with Crippen LogP contribution >= 0.6 is 0 Å². The fourth-order valence-electron chi connectivity index (χ4n) is 2.99. The van der Waals surface area contributed by atoms with Crippen LogP contribution < -0.4 is 5.32 Å². The van der Waals surface area contributed by atoms with Gasteiger partial charge < -0.3 is 10.4 Å². The van der Waals surface area contributed by atoms with Gasteiger partial charge in [0.15, 0.2) is 9.84 Å². The number of nitrogens with one attached hydrogen (secondary N) is 1. The Hall–Kier alpha value is -1.37. The van der Waals surface area contributed by atoms with Gasteiger partial charge in [-0.3, -0.25) is 9.59 Å². The summed E-state index contributed by atoms with van der Waals surface area (Å²) in [4.78, 5) is 23.4. The predicted molar refractivity (Wildman–Crippen MR) is 72.5 cm³/mol. The van der Waals surface area contributed by atoms with Gasteiger partial charge in [-0.25, -0.2) is 8.42 Å². The van der Waals surface area contributed by atoms with E-state index in [9.17, 15) is 23.1 Å². The summed E-state index contributed by atoms with van der Waals surface area (Å²) in [5.41, 5.74) is 0. The zero-order valence-electron chi connectivity index (χ0n) is 11.3. The van der Waals surface area contributed by atoms with Crippen molar-refractivity contribution in [1.29, 1.82) is 0 Å². The Balaban J connectivity index is 2.01. The van der Waals surface area contributed by atoms with Gasteiger partial charge in [-0.15, -0.1) is 0 Å². The lowest BCUT2D eigenvalue weighted by atomic mass is 9.95. The van der Waals surface area contributed by atoms with Crippen molar-refractivity contribution < 1.29 is 23.1 Å². The zero-order valence-corrected chi connectivity index (χ0v) is 12.1. The molecule has 2 unspecified atom stereocenters. The summed E-state index contributed by atoms with van der Waals surface area (Å²) in [6.45, 7) is 1.98. The molecule has 1 fully saturated rings. The molecule has 1 saturated carbocycles. The summed E-state index contributed by atoms with van der Waals surface area (Å²) in [7, 11) is -3.22. The number of rotatable bonds is 4. The number of hydrogen-bond donors (Lipinski definition) is 2. The highest BCUT2D eigenvalue weighted by Gasteiger charge is 2.42. The van der Waals surface area contributed by atoms with E-state index in [0.717, 1.165) is 11.8 Å². The van der Waals surface area contributed by atoms with Crippen LogP contribution in [0.4, 0.5) is 0 Å². The van der Waals surface area contributed by atoms with E-state index in [-0.39, 0.29) is 17.6 Å². The van der Waals surface area contributed by atoms with Crippen LogP contribution in [0, 0.1) is 17.8 Å². The summed E-state index contributed by atoms with van der Waals surface area (Å²) in [6.07, 6.45) is 3.37. The quantitative estimate of drug-likeness (QED) is 0.790. The number of carbonyl (C=O) groups is 2. The molecule has 0 bridgehead atoms. The van der Waals surface area contributed by atoms with Gasteiger partial charge in [0, 0.05) is 5.41 Å². The molecule has 2 aliphatic rings. The van der Waals surface area contributed by atoms with E-state index in [2.05, 4.69) is 5.32 Å². The maximum Gasteiger partial charge on any atom is 0.307 e. The summed E-state index contributed by atoms with van der Waals surface area (Å²) in [5, 5.41) is 12.9. The van der Waals surface area contributed by atoms with Gasteiger partial charge in [0.25, 0.3) is 0 Å². The number of carbonyl (C=O) groups excluding carboxylic acids is 1. The molecule has 2 N–H and O–H groups in total. The highest BCUT2D eigenvalue weighted by atomic mass is 32.2. The SMILES string of the molecule is CCC1C[C@H](C(=O)NC2C=CS(=O)(=O)C2)[C@H](C(=O)O)C1. The standard InChI is InChI=1S/C13H19NO5S/c1-2-8-5-10(11(6-8)13(16)17)12(15)14-9-3-4-20(18,19)7-9/h3-4,8-11H,2,5-7H2,1H3,(H,14,15)(H,16,17)/t8?,9?,10-,11+/m0/s1. The van der Waals surface area contributed by atoms with Gasteiger partial charge >= 0.3 is 5.97 Å².